The van der Waals surface area contributed by atoms with Crippen LogP contribution >= 0.6 is 0 Å². The molecule has 0 aliphatic heterocycles. The summed E-state index contributed by atoms with van der Waals surface area (Å²) < 4.78 is 10.5. The number of benzene rings is 1. The van der Waals surface area contributed by atoms with Gasteiger partial charge in [-0.05, 0) is 25.0 Å². The number of aliphatic hydroxyl groups is 1. The number of methoxy groups -OCH3 is 2. The number of nitrogens with zero attached hydrogens (tertiary/aromatic N) is 1. The zero-order valence-corrected chi connectivity index (χ0v) is 16.5. The van der Waals surface area contributed by atoms with Crippen molar-refractivity contribution in [2.45, 2.75) is 51.4 Å². The number of carbonyl (C=O) groups is 1. The SMILES string of the molecule is CCC/C(=N\OCC)C1=CC(O)C(c2ccc(C(OC)OC)cc2)CC1=O. The maximum absolute atomic E-state index is 12.7. The number of aliphatic hydroxyl groups excluding tert-OH is 1. The molecule has 0 fully saturated rings. The maximum Gasteiger partial charge on any atom is 0.183 e. The van der Waals surface area contributed by atoms with Crippen LogP contribution in [-0.2, 0) is 19.1 Å². The van der Waals surface area contributed by atoms with E-state index >= 15 is 0 Å². The van der Waals surface area contributed by atoms with Gasteiger partial charge in [-0.1, -0.05) is 42.8 Å². The first-order valence-corrected chi connectivity index (χ1v) is 9.33. The molecule has 27 heavy (non-hydrogen) atoms. The molecule has 0 aromatic heterocycles. The lowest BCUT2D eigenvalue weighted by molar-refractivity contribution is -0.116. The van der Waals surface area contributed by atoms with E-state index < -0.39 is 12.4 Å². The molecular weight excluding hydrogens is 346 g/mol. The second-order valence-corrected chi connectivity index (χ2v) is 6.48. The molecule has 0 radical (unpaired) electrons. The van der Waals surface area contributed by atoms with Gasteiger partial charge in [0.2, 0.25) is 0 Å². The lowest BCUT2D eigenvalue weighted by Gasteiger charge is -2.27. The highest BCUT2D eigenvalue weighted by Gasteiger charge is 2.32. The summed E-state index contributed by atoms with van der Waals surface area (Å²) in [6.45, 7) is 4.30. The van der Waals surface area contributed by atoms with Crippen molar-refractivity contribution in [3.8, 4) is 0 Å². The maximum atomic E-state index is 12.7. The second kappa shape index (κ2) is 10.3. The summed E-state index contributed by atoms with van der Waals surface area (Å²) in [4.78, 5) is 17.9. The van der Waals surface area contributed by atoms with Crippen LogP contribution in [0.4, 0.5) is 0 Å². The molecule has 2 unspecified atom stereocenters. The van der Waals surface area contributed by atoms with Gasteiger partial charge in [0.15, 0.2) is 12.1 Å². The number of rotatable bonds is 9. The molecule has 0 saturated carbocycles. The van der Waals surface area contributed by atoms with Crippen LogP contribution < -0.4 is 0 Å². The van der Waals surface area contributed by atoms with E-state index in [-0.39, 0.29) is 18.1 Å². The topological polar surface area (TPSA) is 77.3 Å². The van der Waals surface area contributed by atoms with Gasteiger partial charge in [-0.2, -0.15) is 0 Å². The zero-order chi connectivity index (χ0) is 19.8. The Hall–Kier alpha value is -2.02. The molecule has 0 bridgehead atoms. The molecule has 0 amide bonds. The normalized spacial score (nSPS) is 20.7. The Labute approximate surface area is 160 Å². The van der Waals surface area contributed by atoms with Gasteiger partial charge in [0, 0.05) is 37.7 Å². The summed E-state index contributed by atoms with van der Waals surface area (Å²) >= 11 is 0. The zero-order valence-electron chi connectivity index (χ0n) is 16.5. The van der Waals surface area contributed by atoms with Crippen LogP contribution in [0.2, 0.25) is 0 Å². The molecule has 0 saturated heterocycles. The monoisotopic (exact) mass is 375 g/mol. The third kappa shape index (κ3) is 5.25. The van der Waals surface area contributed by atoms with Gasteiger partial charge >= 0.3 is 0 Å². The Bertz CT molecular complexity index is 676. The van der Waals surface area contributed by atoms with E-state index in [1.54, 1.807) is 20.3 Å². The van der Waals surface area contributed by atoms with Crippen LogP contribution in [0.15, 0.2) is 41.1 Å². The molecule has 1 aromatic carbocycles. The van der Waals surface area contributed by atoms with E-state index in [0.29, 0.717) is 24.3 Å². The average Bonchev–Trinajstić information content (AvgIpc) is 2.68. The van der Waals surface area contributed by atoms with Gasteiger partial charge in [0.05, 0.1) is 11.8 Å². The van der Waals surface area contributed by atoms with Gasteiger partial charge in [0.1, 0.15) is 6.61 Å². The Morgan fingerprint density at radius 1 is 1.22 bits per heavy atom. The first-order valence-electron chi connectivity index (χ1n) is 9.33. The molecule has 6 nitrogen and oxygen atoms in total. The molecule has 1 aromatic rings. The fourth-order valence-corrected chi connectivity index (χ4v) is 3.26. The van der Waals surface area contributed by atoms with E-state index in [2.05, 4.69) is 5.16 Å². The molecule has 2 atom stereocenters. The minimum absolute atomic E-state index is 0.0204. The number of carbonyl (C=O) groups excluding carboxylic acids is 1. The standard InChI is InChI=1S/C21H29NO5/c1-5-7-18(22-27-6-2)17-13-19(23)16(12-20(17)24)14-8-10-15(11-9-14)21(25-3)26-4/h8-11,13,16,19,21,23H,5-7,12H2,1-4H3/b22-18+. The molecule has 0 heterocycles. The van der Waals surface area contributed by atoms with Crippen molar-refractivity contribution in [2.24, 2.45) is 5.16 Å². The lowest BCUT2D eigenvalue weighted by atomic mass is 9.80. The third-order valence-corrected chi connectivity index (χ3v) is 4.62. The first kappa shape index (κ1) is 21.3. The fourth-order valence-electron chi connectivity index (χ4n) is 3.26. The van der Waals surface area contributed by atoms with Crippen LogP contribution in [0, 0.1) is 0 Å². The van der Waals surface area contributed by atoms with E-state index in [9.17, 15) is 9.90 Å². The van der Waals surface area contributed by atoms with Gasteiger partial charge in [-0.15, -0.1) is 0 Å². The number of allylic oxidation sites excluding steroid dienone is 1. The largest absolute Gasteiger partial charge is 0.396 e. The minimum atomic E-state index is -0.757. The van der Waals surface area contributed by atoms with Crippen LogP contribution in [0.1, 0.15) is 56.4 Å². The quantitative estimate of drug-likeness (QED) is 0.406. The van der Waals surface area contributed by atoms with Crippen molar-refractivity contribution in [1.29, 1.82) is 0 Å². The number of ether oxygens (including phenoxy) is 2. The summed E-state index contributed by atoms with van der Waals surface area (Å²) in [5, 5.41) is 14.7. The predicted octanol–water partition coefficient (Wildman–Crippen LogP) is 3.51. The molecule has 6 heteroatoms. The summed E-state index contributed by atoms with van der Waals surface area (Å²) in [6.07, 6.45) is 2.14. The van der Waals surface area contributed by atoms with Crippen molar-refractivity contribution in [3.05, 3.63) is 47.0 Å². The van der Waals surface area contributed by atoms with E-state index in [1.807, 2.05) is 38.1 Å². The predicted molar refractivity (Wildman–Crippen MR) is 104 cm³/mol. The van der Waals surface area contributed by atoms with Crippen molar-refractivity contribution in [3.63, 3.8) is 0 Å². The smallest absolute Gasteiger partial charge is 0.183 e. The van der Waals surface area contributed by atoms with Crippen LogP contribution in [0.3, 0.4) is 0 Å². The minimum Gasteiger partial charge on any atom is -0.396 e. The van der Waals surface area contributed by atoms with Crippen molar-refractivity contribution < 1.29 is 24.2 Å². The molecule has 2 rings (SSSR count). The molecule has 0 spiro atoms. The first-order chi connectivity index (χ1) is 13.0. The van der Waals surface area contributed by atoms with Gasteiger partial charge in [-0.3, -0.25) is 4.79 Å². The van der Waals surface area contributed by atoms with Gasteiger partial charge in [-0.25, -0.2) is 0 Å². The number of Topliss-reactive ketones (excluding diaryl/α,β-unsaturated/α-hetero) is 1. The highest BCUT2D eigenvalue weighted by molar-refractivity contribution is 6.22. The number of ketones is 1. The summed E-state index contributed by atoms with van der Waals surface area (Å²) in [5.74, 6) is -0.304. The highest BCUT2D eigenvalue weighted by atomic mass is 16.7. The second-order valence-electron chi connectivity index (χ2n) is 6.48. The number of hydrogen-bond acceptors (Lipinski definition) is 6. The van der Waals surface area contributed by atoms with Crippen molar-refractivity contribution >= 4 is 11.5 Å². The third-order valence-electron chi connectivity index (χ3n) is 4.62. The Morgan fingerprint density at radius 3 is 2.44 bits per heavy atom. The van der Waals surface area contributed by atoms with Crippen LogP contribution in [0.5, 0.6) is 0 Å². The molecule has 148 valence electrons. The molecule has 1 N–H and O–H groups in total. The van der Waals surface area contributed by atoms with Gasteiger partial charge in [0.25, 0.3) is 0 Å². The summed E-state index contributed by atoms with van der Waals surface area (Å²) in [6, 6.07) is 7.59. The lowest BCUT2D eigenvalue weighted by Crippen LogP contribution is -2.29. The summed E-state index contributed by atoms with van der Waals surface area (Å²) in [7, 11) is 3.16. The van der Waals surface area contributed by atoms with Crippen molar-refractivity contribution in [1.82, 2.24) is 0 Å². The Balaban J connectivity index is 2.23. The van der Waals surface area contributed by atoms with E-state index in [1.165, 1.54) is 0 Å². The highest BCUT2D eigenvalue weighted by Crippen LogP contribution is 2.32. The Morgan fingerprint density at radius 2 is 1.89 bits per heavy atom. The van der Waals surface area contributed by atoms with Crippen LogP contribution in [-0.4, -0.2) is 43.5 Å². The van der Waals surface area contributed by atoms with E-state index in [4.69, 9.17) is 14.3 Å². The number of oxime groups is 1. The average molecular weight is 375 g/mol. The van der Waals surface area contributed by atoms with E-state index in [0.717, 1.165) is 17.5 Å². The molecule has 1 aliphatic carbocycles. The van der Waals surface area contributed by atoms with Gasteiger partial charge < -0.3 is 19.4 Å². The molecule has 1 aliphatic rings. The summed E-state index contributed by atoms with van der Waals surface area (Å²) in [5.41, 5.74) is 2.87. The Kier molecular flexibility index (Phi) is 8.16. The fraction of sp³-hybridized carbons (Fsp3) is 0.524. The number of hydrogen-bond donors (Lipinski definition) is 1. The van der Waals surface area contributed by atoms with Crippen LogP contribution in [0.25, 0.3) is 0 Å². The van der Waals surface area contributed by atoms with Crippen molar-refractivity contribution in [2.75, 3.05) is 20.8 Å². The molecular formula is C21H29NO5.